The first kappa shape index (κ1) is 17.9. The third-order valence-electron chi connectivity index (χ3n) is 2.82. The van der Waals surface area contributed by atoms with Crippen LogP contribution in [0.3, 0.4) is 0 Å². The maximum atomic E-state index is 4.44. The van der Waals surface area contributed by atoms with Crippen LogP contribution in [0.4, 0.5) is 0 Å². The van der Waals surface area contributed by atoms with Gasteiger partial charge >= 0.3 is 0 Å². The zero-order valence-corrected chi connectivity index (χ0v) is 13.2. The van der Waals surface area contributed by atoms with Gasteiger partial charge in [0.05, 0.1) is 11.7 Å². The number of nitrogens with zero attached hydrogens (tertiary/aromatic N) is 2. The molecule has 0 amide bonds. The van der Waals surface area contributed by atoms with E-state index >= 15 is 0 Å². The Morgan fingerprint density at radius 2 is 2.00 bits per heavy atom. The molecule has 18 heavy (non-hydrogen) atoms. The van der Waals surface area contributed by atoms with Crippen molar-refractivity contribution in [2.45, 2.75) is 6.04 Å². The van der Waals surface area contributed by atoms with Gasteiger partial charge < -0.3 is 5.32 Å². The Balaban J connectivity index is 0.00000144. The summed E-state index contributed by atoms with van der Waals surface area (Å²) in [5.74, 6) is 0. The Hall–Kier alpha value is -0.130. The van der Waals surface area contributed by atoms with Crippen molar-refractivity contribution in [2.24, 2.45) is 0 Å². The van der Waals surface area contributed by atoms with Gasteiger partial charge in [-0.05, 0) is 28.1 Å². The summed E-state index contributed by atoms with van der Waals surface area (Å²) in [6, 6.07) is 4.31. The number of rotatable bonds is 3. The third-order valence-corrected chi connectivity index (χ3v) is 3.29. The molecule has 0 bridgehead atoms. The Kier molecular flexibility index (Phi) is 8.82. The van der Waals surface area contributed by atoms with Crippen LogP contribution in [0.15, 0.2) is 35.5 Å². The van der Waals surface area contributed by atoms with Gasteiger partial charge in [-0.1, -0.05) is 6.08 Å². The molecule has 1 aromatic heterocycles. The van der Waals surface area contributed by atoms with Crippen molar-refractivity contribution < 1.29 is 0 Å². The van der Waals surface area contributed by atoms with E-state index in [2.05, 4.69) is 43.8 Å². The highest BCUT2D eigenvalue weighted by Gasteiger charge is 2.19. The second-order valence-electron chi connectivity index (χ2n) is 3.87. The second-order valence-corrected chi connectivity index (χ2v) is 4.78. The van der Waals surface area contributed by atoms with E-state index in [-0.39, 0.29) is 30.9 Å². The summed E-state index contributed by atoms with van der Waals surface area (Å²) in [5.41, 5.74) is 1.07. The van der Waals surface area contributed by atoms with Crippen LogP contribution in [0.2, 0.25) is 0 Å². The predicted molar refractivity (Wildman–Crippen MR) is 83.8 cm³/mol. The molecule has 0 aliphatic carbocycles. The fraction of sp³-hybridized carbons (Fsp3) is 0.417. The van der Waals surface area contributed by atoms with Crippen molar-refractivity contribution in [1.29, 1.82) is 0 Å². The van der Waals surface area contributed by atoms with Crippen molar-refractivity contribution >= 4 is 40.7 Å². The molecule has 0 unspecified atom stereocenters. The lowest BCUT2D eigenvalue weighted by Crippen LogP contribution is -2.44. The fourth-order valence-electron chi connectivity index (χ4n) is 1.98. The summed E-state index contributed by atoms with van der Waals surface area (Å²) in [6.07, 6.45) is 3.82. The van der Waals surface area contributed by atoms with E-state index in [1.807, 2.05) is 18.3 Å². The monoisotopic (exact) mass is 353 g/mol. The Morgan fingerprint density at radius 1 is 1.33 bits per heavy atom. The van der Waals surface area contributed by atoms with Crippen LogP contribution in [0, 0.1) is 0 Å². The quantitative estimate of drug-likeness (QED) is 0.846. The highest BCUT2D eigenvalue weighted by Crippen LogP contribution is 2.21. The minimum absolute atomic E-state index is 0. The van der Waals surface area contributed by atoms with Crippen molar-refractivity contribution in [2.75, 3.05) is 26.2 Å². The Labute approximate surface area is 129 Å². The summed E-state index contributed by atoms with van der Waals surface area (Å²) in [7, 11) is 0. The maximum Gasteiger partial charge on any atom is 0.0704 e. The Bertz CT molecular complexity index is 353. The van der Waals surface area contributed by atoms with E-state index in [1.165, 1.54) is 0 Å². The first-order chi connectivity index (χ1) is 7.81. The van der Waals surface area contributed by atoms with Crippen molar-refractivity contribution in [3.63, 3.8) is 0 Å². The van der Waals surface area contributed by atoms with E-state index in [1.54, 1.807) is 0 Å². The van der Waals surface area contributed by atoms with Gasteiger partial charge in [0, 0.05) is 36.8 Å². The zero-order valence-electron chi connectivity index (χ0n) is 10.0. The van der Waals surface area contributed by atoms with Crippen LogP contribution in [0.5, 0.6) is 0 Å². The molecule has 3 nitrogen and oxygen atoms in total. The predicted octanol–water partition coefficient (Wildman–Crippen LogP) is 2.82. The first-order valence-corrected chi connectivity index (χ1v) is 6.29. The second kappa shape index (κ2) is 8.88. The molecule has 0 saturated carbocycles. The molecule has 1 aliphatic heterocycles. The smallest absolute Gasteiger partial charge is 0.0704 e. The molecule has 6 heteroatoms. The molecular weight excluding hydrogens is 337 g/mol. The van der Waals surface area contributed by atoms with E-state index in [9.17, 15) is 0 Å². The van der Waals surface area contributed by atoms with Gasteiger partial charge in [-0.2, -0.15) is 0 Å². The van der Waals surface area contributed by atoms with Gasteiger partial charge in [0.25, 0.3) is 0 Å². The maximum absolute atomic E-state index is 4.44. The molecule has 0 radical (unpaired) electrons. The molecule has 1 saturated heterocycles. The van der Waals surface area contributed by atoms with Crippen molar-refractivity contribution in [3.05, 3.63) is 41.2 Å². The van der Waals surface area contributed by atoms with Crippen LogP contribution < -0.4 is 5.32 Å². The number of piperazine rings is 1. The minimum atomic E-state index is 0. The largest absolute Gasteiger partial charge is 0.314 e. The summed E-state index contributed by atoms with van der Waals surface area (Å²) >= 11 is 3.40. The van der Waals surface area contributed by atoms with Crippen molar-refractivity contribution in [1.82, 2.24) is 15.2 Å². The Morgan fingerprint density at radius 3 is 2.50 bits per heavy atom. The van der Waals surface area contributed by atoms with Gasteiger partial charge in [-0.15, -0.1) is 31.4 Å². The molecule has 2 heterocycles. The van der Waals surface area contributed by atoms with Gasteiger partial charge in [0.2, 0.25) is 0 Å². The molecule has 0 spiro atoms. The molecule has 1 N–H and O–H groups in total. The molecule has 1 fully saturated rings. The molecule has 1 aromatic rings. The van der Waals surface area contributed by atoms with Crippen LogP contribution >= 0.6 is 40.7 Å². The lowest BCUT2D eigenvalue weighted by molar-refractivity contribution is 0.200. The molecule has 1 atom stereocenters. The molecule has 102 valence electrons. The number of hydrogen-bond donors (Lipinski definition) is 1. The number of aromatic nitrogens is 1. The van der Waals surface area contributed by atoms with Crippen LogP contribution in [0.25, 0.3) is 0 Å². The minimum Gasteiger partial charge on any atom is -0.314 e. The SMILES string of the molecule is C=C[C@@H](c1ccc(Br)cn1)N1CCNCC1.Cl.Cl. The average Bonchev–Trinajstić information content (AvgIpc) is 2.34. The lowest BCUT2D eigenvalue weighted by atomic mass is 10.1. The topological polar surface area (TPSA) is 28.2 Å². The molecule has 2 rings (SSSR count). The zero-order chi connectivity index (χ0) is 11.4. The number of hydrogen-bond acceptors (Lipinski definition) is 3. The van der Waals surface area contributed by atoms with E-state index in [0.717, 1.165) is 36.3 Å². The highest BCUT2D eigenvalue weighted by atomic mass is 79.9. The van der Waals surface area contributed by atoms with Gasteiger partial charge in [0.15, 0.2) is 0 Å². The van der Waals surface area contributed by atoms with Gasteiger partial charge in [-0.25, -0.2) is 0 Å². The van der Waals surface area contributed by atoms with E-state index in [0.29, 0.717) is 0 Å². The van der Waals surface area contributed by atoms with Gasteiger partial charge in [0.1, 0.15) is 0 Å². The van der Waals surface area contributed by atoms with Crippen LogP contribution in [-0.2, 0) is 0 Å². The third kappa shape index (κ3) is 4.52. The summed E-state index contributed by atoms with van der Waals surface area (Å²) in [6.45, 7) is 8.11. The van der Waals surface area contributed by atoms with Crippen molar-refractivity contribution in [3.8, 4) is 0 Å². The highest BCUT2D eigenvalue weighted by molar-refractivity contribution is 9.10. The molecule has 1 aliphatic rings. The fourth-order valence-corrected chi connectivity index (χ4v) is 2.21. The van der Waals surface area contributed by atoms with E-state index < -0.39 is 0 Å². The number of halogens is 3. The first-order valence-electron chi connectivity index (χ1n) is 5.50. The van der Waals surface area contributed by atoms with E-state index in [4.69, 9.17) is 0 Å². The normalized spacial score (nSPS) is 17.2. The molecule has 0 aromatic carbocycles. The number of pyridine rings is 1. The lowest BCUT2D eigenvalue weighted by Gasteiger charge is -2.32. The summed E-state index contributed by atoms with van der Waals surface area (Å²) in [4.78, 5) is 6.85. The summed E-state index contributed by atoms with van der Waals surface area (Å²) < 4.78 is 1.01. The van der Waals surface area contributed by atoms with Crippen LogP contribution in [-0.4, -0.2) is 36.1 Å². The number of nitrogens with one attached hydrogen (secondary N) is 1. The van der Waals surface area contributed by atoms with Crippen LogP contribution in [0.1, 0.15) is 11.7 Å². The van der Waals surface area contributed by atoms with Gasteiger partial charge in [-0.3, -0.25) is 9.88 Å². The summed E-state index contributed by atoms with van der Waals surface area (Å²) in [5, 5.41) is 3.35. The average molecular weight is 355 g/mol. The molecular formula is C12H18BrCl2N3. The standard InChI is InChI=1S/C12H16BrN3.2ClH/c1-2-12(16-7-5-14-6-8-16)11-4-3-10(13)9-15-11;;/h2-4,9,12,14H,1,5-8H2;2*1H/t12-;;/m0../s1.